The number of hydrogen-bond acceptors (Lipinski definition) is 4. The van der Waals surface area contributed by atoms with E-state index in [0.717, 1.165) is 45.8 Å². The van der Waals surface area contributed by atoms with Crippen LogP contribution in [0.15, 0.2) is 24.4 Å². The van der Waals surface area contributed by atoms with Gasteiger partial charge in [0.1, 0.15) is 11.3 Å². The molecule has 0 aliphatic carbocycles. The summed E-state index contributed by atoms with van der Waals surface area (Å²) in [6.45, 7) is 1.96. The number of fused-ring (bicyclic) bond motifs is 1. The van der Waals surface area contributed by atoms with Crippen LogP contribution in [0.3, 0.4) is 0 Å². The van der Waals surface area contributed by atoms with E-state index >= 15 is 0 Å². The fraction of sp³-hybridized carbons (Fsp3) is 0.375. The minimum absolute atomic E-state index is 0.110. The van der Waals surface area contributed by atoms with Crippen molar-refractivity contribution in [1.29, 1.82) is 0 Å². The molecule has 1 N–H and O–H groups in total. The second kappa shape index (κ2) is 5.93. The maximum absolute atomic E-state index is 12.4. The summed E-state index contributed by atoms with van der Waals surface area (Å²) in [5.41, 5.74) is 2.59. The Morgan fingerprint density at radius 3 is 3.05 bits per heavy atom. The first-order valence-electron chi connectivity index (χ1n) is 7.01. The summed E-state index contributed by atoms with van der Waals surface area (Å²) in [5, 5.41) is 4.02. The van der Waals surface area contributed by atoms with Gasteiger partial charge in [-0.05, 0) is 30.7 Å². The maximum Gasteiger partial charge on any atom is 0.228 e. The third-order valence-corrected chi connectivity index (χ3v) is 4.98. The van der Waals surface area contributed by atoms with Gasteiger partial charge in [-0.25, -0.2) is 0 Å². The van der Waals surface area contributed by atoms with Gasteiger partial charge >= 0.3 is 0 Å². The van der Waals surface area contributed by atoms with Gasteiger partial charge in [-0.15, -0.1) is 0 Å². The predicted molar refractivity (Wildman–Crippen MR) is 87.1 cm³/mol. The lowest BCUT2D eigenvalue weighted by Crippen LogP contribution is -2.23. The highest BCUT2D eigenvalue weighted by Crippen LogP contribution is 2.32. The normalized spacial score (nSPS) is 17.9. The van der Waals surface area contributed by atoms with Crippen molar-refractivity contribution in [3.8, 4) is 5.75 Å². The van der Waals surface area contributed by atoms with Crippen molar-refractivity contribution in [3.05, 3.63) is 30.0 Å². The molecule has 1 aromatic heterocycles. The Balaban J connectivity index is 2.00. The van der Waals surface area contributed by atoms with E-state index in [1.54, 1.807) is 13.3 Å². The molecule has 2 aromatic rings. The molecule has 1 fully saturated rings. The van der Waals surface area contributed by atoms with Crippen LogP contribution in [-0.2, 0) is 4.79 Å². The van der Waals surface area contributed by atoms with E-state index in [9.17, 15) is 4.79 Å². The molecule has 110 valence electrons. The minimum atomic E-state index is 0.110. The van der Waals surface area contributed by atoms with Gasteiger partial charge in [-0.2, -0.15) is 11.8 Å². The number of aryl methyl sites for hydroxylation is 1. The van der Waals surface area contributed by atoms with Crippen LogP contribution in [0.25, 0.3) is 10.9 Å². The zero-order valence-electron chi connectivity index (χ0n) is 12.2. The van der Waals surface area contributed by atoms with Gasteiger partial charge in [-0.3, -0.25) is 9.78 Å². The van der Waals surface area contributed by atoms with Crippen LogP contribution in [0.2, 0.25) is 0 Å². The molecule has 1 aliphatic rings. The van der Waals surface area contributed by atoms with Crippen LogP contribution in [0.1, 0.15) is 12.0 Å². The zero-order valence-corrected chi connectivity index (χ0v) is 13.0. The Hall–Kier alpha value is -1.75. The summed E-state index contributed by atoms with van der Waals surface area (Å²) in [5.74, 6) is 2.93. The molecule has 2 heterocycles. The van der Waals surface area contributed by atoms with E-state index in [4.69, 9.17) is 4.74 Å². The second-order valence-electron chi connectivity index (χ2n) is 5.22. The van der Waals surface area contributed by atoms with Crippen molar-refractivity contribution < 1.29 is 9.53 Å². The van der Waals surface area contributed by atoms with Crippen LogP contribution < -0.4 is 10.1 Å². The van der Waals surface area contributed by atoms with Crippen LogP contribution in [0.4, 0.5) is 5.69 Å². The average Bonchev–Trinajstić information content (AvgIpc) is 3.03. The molecule has 5 heteroatoms. The topological polar surface area (TPSA) is 51.2 Å². The number of anilines is 1. The van der Waals surface area contributed by atoms with E-state index in [2.05, 4.69) is 10.3 Å². The average molecular weight is 302 g/mol. The third kappa shape index (κ3) is 2.70. The molecule has 0 unspecified atom stereocenters. The first kappa shape index (κ1) is 14.2. The quantitative estimate of drug-likeness (QED) is 0.945. The number of thioether (sulfide) groups is 1. The smallest absolute Gasteiger partial charge is 0.228 e. The van der Waals surface area contributed by atoms with Gasteiger partial charge in [0.2, 0.25) is 5.91 Å². The number of carbonyl (C=O) groups is 1. The second-order valence-corrected chi connectivity index (χ2v) is 6.37. The molecule has 0 saturated carbocycles. The standard InChI is InChI=1S/C16H18N2O2S/c1-10-8-17-15-12(4-3-5-13(15)20-2)14(10)18-16(19)11-6-7-21-9-11/h3-5,8,11H,6-7,9H2,1-2H3,(H,17,18,19)/t11-/m1/s1. The van der Waals surface area contributed by atoms with Crippen molar-refractivity contribution in [3.63, 3.8) is 0 Å². The number of rotatable bonds is 3. The summed E-state index contributed by atoms with van der Waals surface area (Å²) >= 11 is 1.84. The highest BCUT2D eigenvalue weighted by molar-refractivity contribution is 7.99. The van der Waals surface area contributed by atoms with Crippen molar-refractivity contribution in [2.24, 2.45) is 5.92 Å². The van der Waals surface area contributed by atoms with Crippen LogP contribution >= 0.6 is 11.8 Å². The molecule has 0 radical (unpaired) electrons. The fourth-order valence-corrected chi connectivity index (χ4v) is 3.81. The lowest BCUT2D eigenvalue weighted by Gasteiger charge is -2.15. The summed E-state index contributed by atoms with van der Waals surface area (Å²) < 4.78 is 5.35. The predicted octanol–water partition coefficient (Wildman–Crippen LogP) is 3.24. The van der Waals surface area contributed by atoms with Gasteiger partial charge < -0.3 is 10.1 Å². The van der Waals surface area contributed by atoms with Crippen molar-refractivity contribution in [1.82, 2.24) is 4.98 Å². The number of nitrogens with one attached hydrogen (secondary N) is 1. The molecule has 1 atom stereocenters. The first-order valence-corrected chi connectivity index (χ1v) is 8.17. The number of para-hydroxylation sites is 1. The molecule has 4 nitrogen and oxygen atoms in total. The lowest BCUT2D eigenvalue weighted by atomic mass is 10.1. The van der Waals surface area contributed by atoms with Gasteiger partial charge in [0.05, 0.1) is 12.8 Å². The molecule has 1 saturated heterocycles. The molecule has 0 bridgehead atoms. The van der Waals surface area contributed by atoms with Crippen molar-refractivity contribution in [2.45, 2.75) is 13.3 Å². The Labute approximate surface area is 128 Å². The lowest BCUT2D eigenvalue weighted by molar-refractivity contribution is -0.119. The number of hydrogen-bond donors (Lipinski definition) is 1. The number of ether oxygens (including phenoxy) is 1. The number of amides is 1. The fourth-order valence-electron chi connectivity index (χ4n) is 2.59. The van der Waals surface area contributed by atoms with Crippen LogP contribution in [0, 0.1) is 12.8 Å². The Bertz CT molecular complexity index is 681. The largest absolute Gasteiger partial charge is 0.494 e. The molecular formula is C16H18N2O2S. The molecule has 1 amide bonds. The Kier molecular flexibility index (Phi) is 4.01. The molecule has 0 spiro atoms. The van der Waals surface area contributed by atoms with Crippen LogP contribution in [0.5, 0.6) is 5.75 Å². The molecular weight excluding hydrogens is 284 g/mol. The molecule has 1 aliphatic heterocycles. The number of carbonyl (C=O) groups excluding carboxylic acids is 1. The molecule has 1 aromatic carbocycles. The minimum Gasteiger partial charge on any atom is -0.494 e. The molecule has 3 rings (SSSR count). The van der Waals surface area contributed by atoms with E-state index in [1.165, 1.54) is 0 Å². The van der Waals surface area contributed by atoms with Crippen LogP contribution in [-0.4, -0.2) is 29.5 Å². The summed E-state index contributed by atoms with van der Waals surface area (Å²) in [6, 6.07) is 5.77. The first-order chi connectivity index (χ1) is 10.2. The van der Waals surface area contributed by atoms with E-state index in [0.29, 0.717) is 0 Å². The third-order valence-electron chi connectivity index (χ3n) is 3.82. The summed E-state index contributed by atoms with van der Waals surface area (Å²) in [4.78, 5) is 16.8. The number of nitrogens with zero attached hydrogens (tertiary/aromatic N) is 1. The number of pyridine rings is 1. The van der Waals surface area contributed by atoms with Gasteiger partial charge in [0, 0.05) is 23.3 Å². The van der Waals surface area contributed by atoms with Gasteiger partial charge in [0.15, 0.2) is 0 Å². The SMILES string of the molecule is COc1cccc2c(NC(=O)[C@@H]3CCSC3)c(C)cnc12. The van der Waals surface area contributed by atoms with Gasteiger partial charge in [0.25, 0.3) is 0 Å². The van der Waals surface area contributed by atoms with E-state index in [1.807, 2.05) is 36.9 Å². The van der Waals surface area contributed by atoms with Crippen molar-refractivity contribution in [2.75, 3.05) is 23.9 Å². The zero-order chi connectivity index (χ0) is 14.8. The highest BCUT2D eigenvalue weighted by Gasteiger charge is 2.24. The number of aromatic nitrogens is 1. The van der Waals surface area contributed by atoms with E-state index < -0.39 is 0 Å². The maximum atomic E-state index is 12.4. The Morgan fingerprint density at radius 1 is 1.48 bits per heavy atom. The number of benzene rings is 1. The van der Waals surface area contributed by atoms with E-state index in [-0.39, 0.29) is 11.8 Å². The number of methoxy groups -OCH3 is 1. The summed E-state index contributed by atoms with van der Waals surface area (Å²) in [6.07, 6.45) is 2.74. The summed E-state index contributed by atoms with van der Waals surface area (Å²) in [7, 11) is 1.63. The van der Waals surface area contributed by atoms with Gasteiger partial charge in [-0.1, -0.05) is 12.1 Å². The Morgan fingerprint density at radius 2 is 2.33 bits per heavy atom. The monoisotopic (exact) mass is 302 g/mol. The highest BCUT2D eigenvalue weighted by atomic mass is 32.2. The molecule has 21 heavy (non-hydrogen) atoms. The van der Waals surface area contributed by atoms with Crippen molar-refractivity contribution >= 4 is 34.3 Å².